The van der Waals surface area contributed by atoms with Gasteiger partial charge in [-0.25, -0.2) is 4.79 Å². The zero-order valence-electron chi connectivity index (χ0n) is 9.28. The third kappa shape index (κ3) is 2.31. The molecule has 0 bridgehead atoms. The molecule has 4 heteroatoms. The van der Waals surface area contributed by atoms with Gasteiger partial charge >= 0.3 is 5.82 Å². The van der Waals surface area contributed by atoms with E-state index >= 15 is 0 Å². The van der Waals surface area contributed by atoms with E-state index in [4.69, 9.17) is 8.83 Å². The summed E-state index contributed by atoms with van der Waals surface area (Å²) >= 11 is 0. The lowest BCUT2D eigenvalue weighted by Gasteiger charge is -2.13. The molecule has 4 nitrogen and oxygen atoms in total. The molecule has 2 heterocycles. The second kappa shape index (κ2) is 4.23. The van der Waals surface area contributed by atoms with Gasteiger partial charge in [0.25, 0.3) is 0 Å². The lowest BCUT2D eigenvalue weighted by atomic mass is 10.1. The van der Waals surface area contributed by atoms with Crippen molar-refractivity contribution < 1.29 is 8.83 Å². The maximum absolute atomic E-state index is 10.9. The average molecular weight is 211 g/mol. The van der Waals surface area contributed by atoms with E-state index in [-0.39, 0.29) is 0 Å². The van der Waals surface area contributed by atoms with Crippen LogP contribution < -0.4 is 5.82 Å². The molecule has 0 unspecified atom stereocenters. The minimum atomic E-state index is -0.589. The summed E-state index contributed by atoms with van der Waals surface area (Å²) in [5, 5.41) is 0. The largest absolute Gasteiger partial charge is 0.519 e. The Morgan fingerprint density at radius 3 is 2.80 bits per heavy atom. The van der Waals surface area contributed by atoms with Gasteiger partial charge in [-0.15, -0.1) is 0 Å². The minimum absolute atomic E-state index is 0.589. The molecule has 15 heavy (non-hydrogen) atoms. The van der Waals surface area contributed by atoms with Crippen molar-refractivity contribution in [2.24, 2.45) is 5.92 Å². The molecule has 1 aromatic rings. The van der Waals surface area contributed by atoms with Crippen LogP contribution in [0.2, 0.25) is 0 Å². The van der Waals surface area contributed by atoms with Crippen molar-refractivity contribution in [2.45, 2.75) is 33.2 Å². The van der Waals surface area contributed by atoms with Gasteiger partial charge in [0, 0.05) is 6.54 Å². The molecular formula is C11H17NO3. The molecule has 2 rings (SSSR count). The average Bonchev–Trinajstić information content (AvgIpc) is 2.75. The van der Waals surface area contributed by atoms with E-state index in [9.17, 15) is 4.79 Å². The summed E-state index contributed by atoms with van der Waals surface area (Å²) in [5.41, 5.74) is 0. The van der Waals surface area contributed by atoms with E-state index in [2.05, 4.69) is 11.8 Å². The molecule has 1 saturated heterocycles. The van der Waals surface area contributed by atoms with E-state index in [0.717, 1.165) is 19.0 Å². The van der Waals surface area contributed by atoms with E-state index in [1.54, 1.807) is 6.92 Å². The SMILES string of the molecule is CC[C@@H]1CCN(Cc2oc(=O)oc2C)C1. The normalized spacial score (nSPS) is 22.4. The topological polar surface area (TPSA) is 46.6 Å². The summed E-state index contributed by atoms with van der Waals surface area (Å²) in [6.07, 6.45) is 2.47. The first-order valence-corrected chi connectivity index (χ1v) is 5.50. The molecule has 1 aliphatic rings. The van der Waals surface area contributed by atoms with Crippen LogP contribution in [-0.4, -0.2) is 18.0 Å². The molecule has 0 N–H and O–H groups in total. The van der Waals surface area contributed by atoms with Crippen molar-refractivity contribution in [3.8, 4) is 0 Å². The third-order valence-electron chi connectivity index (χ3n) is 3.15. The van der Waals surface area contributed by atoms with E-state index in [1.807, 2.05) is 0 Å². The Morgan fingerprint density at radius 2 is 2.27 bits per heavy atom. The van der Waals surface area contributed by atoms with Crippen molar-refractivity contribution in [3.05, 3.63) is 22.1 Å². The molecule has 0 radical (unpaired) electrons. The van der Waals surface area contributed by atoms with Crippen LogP contribution in [0.1, 0.15) is 31.3 Å². The minimum Gasteiger partial charge on any atom is -0.396 e. The lowest BCUT2D eigenvalue weighted by Crippen LogP contribution is -2.20. The van der Waals surface area contributed by atoms with Crippen LogP contribution in [0, 0.1) is 12.8 Å². The third-order valence-corrected chi connectivity index (χ3v) is 3.15. The second-order valence-corrected chi connectivity index (χ2v) is 4.23. The molecular weight excluding hydrogens is 194 g/mol. The zero-order valence-corrected chi connectivity index (χ0v) is 9.28. The Bertz CT molecular complexity index is 379. The molecule has 0 amide bonds. The van der Waals surface area contributed by atoms with Gasteiger partial charge in [0.05, 0.1) is 6.54 Å². The number of likely N-dealkylation sites (tertiary alicyclic amines) is 1. The predicted molar refractivity (Wildman–Crippen MR) is 55.7 cm³/mol. The van der Waals surface area contributed by atoms with Crippen LogP contribution in [-0.2, 0) is 6.54 Å². The van der Waals surface area contributed by atoms with E-state index in [0.29, 0.717) is 18.1 Å². The Hall–Kier alpha value is -1.03. The highest BCUT2D eigenvalue weighted by Gasteiger charge is 2.23. The smallest absolute Gasteiger partial charge is 0.396 e. The quantitative estimate of drug-likeness (QED) is 0.764. The van der Waals surface area contributed by atoms with Gasteiger partial charge in [-0.3, -0.25) is 4.90 Å². The van der Waals surface area contributed by atoms with Gasteiger partial charge in [-0.05, 0) is 25.8 Å². The summed E-state index contributed by atoms with van der Waals surface area (Å²) in [6, 6.07) is 0. The molecule has 0 aromatic carbocycles. The van der Waals surface area contributed by atoms with Crippen molar-refractivity contribution in [3.63, 3.8) is 0 Å². The Balaban J connectivity index is 1.98. The lowest BCUT2D eigenvalue weighted by molar-refractivity contribution is 0.277. The summed E-state index contributed by atoms with van der Waals surface area (Å²) in [6.45, 7) is 6.89. The van der Waals surface area contributed by atoms with Crippen LogP contribution in [0.4, 0.5) is 0 Å². The Kier molecular flexibility index (Phi) is 2.95. The van der Waals surface area contributed by atoms with E-state index in [1.165, 1.54) is 12.8 Å². The van der Waals surface area contributed by atoms with Gasteiger partial charge in [-0.1, -0.05) is 13.3 Å². The van der Waals surface area contributed by atoms with Crippen LogP contribution in [0.15, 0.2) is 13.6 Å². The fourth-order valence-electron chi connectivity index (χ4n) is 2.11. The number of nitrogens with zero attached hydrogens (tertiary/aromatic N) is 1. The predicted octanol–water partition coefficient (Wildman–Crippen LogP) is 1.77. The van der Waals surface area contributed by atoms with Crippen molar-refractivity contribution >= 4 is 0 Å². The van der Waals surface area contributed by atoms with E-state index < -0.39 is 5.82 Å². The number of hydrogen-bond acceptors (Lipinski definition) is 4. The van der Waals surface area contributed by atoms with Crippen LogP contribution in [0.25, 0.3) is 0 Å². The monoisotopic (exact) mass is 211 g/mol. The molecule has 1 atom stereocenters. The molecule has 0 aliphatic carbocycles. The highest BCUT2D eigenvalue weighted by molar-refractivity contribution is 5.00. The Labute approximate surface area is 88.9 Å². The van der Waals surface area contributed by atoms with Crippen molar-refractivity contribution in [2.75, 3.05) is 13.1 Å². The number of rotatable bonds is 3. The summed E-state index contributed by atoms with van der Waals surface area (Å²) in [5.74, 6) is 1.49. The highest BCUT2D eigenvalue weighted by Crippen LogP contribution is 2.21. The van der Waals surface area contributed by atoms with Gasteiger partial charge in [-0.2, -0.15) is 0 Å². The van der Waals surface area contributed by atoms with Crippen molar-refractivity contribution in [1.82, 2.24) is 4.90 Å². The van der Waals surface area contributed by atoms with Gasteiger partial charge in [0.2, 0.25) is 0 Å². The molecule has 1 aromatic heterocycles. The molecule has 1 aliphatic heterocycles. The first kappa shape index (κ1) is 10.5. The maximum atomic E-state index is 10.9. The number of hydrogen-bond donors (Lipinski definition) is 0. The van der Waals surface area contributed by atoms with Gasteiger partial charge < -0.3 is 8.83 Å². The molecule has 0 spiro atoms. The van der Waals surface area contributed by atoms with Gasteiger partial charge in [0.15, 0.2) is 5.76 Å². The second-order valence-electron chi connectivity index (χ2n) is 4.23. The standard InChI is InChI=1S/C11H17NO3/c1-3-9-4-5-12(6-9)7-10-8(2)14-11(13)15-10/h9H,3-7H2,1-2H3/t9-/m1/s1. The molecule has 1 fully saturated rings. The summed E-state index contributed by atoms with van der Waals surface area (Å²) in [7, 11) is 0. The van der Waals surface area contributed by atoms with Crippen molar-refractivity contribution in [1.29, 1.82) is 0 Å². The first-order chi connectivity index (χ1) is 7.19. The van der Waals surface area contributed by atoms with Crippen LogP contribution in [0.3, 0.4) is 0 Å². The molecule has 0 saturated carbocycles. The molecule has 84 valence electrons. The summed E-state index contributed by atoms with van der Waals surface area (Å²) in [4.78, 5) is 13.2. The van der Waals surface area contributed by atoms with Gasteiger partial charge in [0.1, 0.15) is 5.76 Å². The van der Waals surface area contributed by atoms with Crippen LogP contribution >= 0.6 is 0 Å². The highest BCUT2D eigenvalue weighted by atomic mass is 16.6. The zero-order chi connectivity index (χ0) is 10.8. The number of aryl methyl sites for hydroxylation is 1. The maximum Gasteiger partial charge on any atom is 0.519 e. The first-order valence-electron chi connectivity index (χ1n) is 5.50. The van der Waals surface area contributed by atoms with Crippen LogP contribution in [0.5, 0.6) is 0 Å². The Morgan fingerprint density at radius 1 is 1.47 bits per heavy atom. The fourth-order valence-corrected chi connectivity index (χ4v) is 2.11. The summed E-state index contributed by atoms with van der Waals surface area (Å²) < 4.78 is 9.81. The fraction of sp³-hybridized carbons (Fsp3) is 0.727.